The second kappa shape index (κ2) is 7.81. The summed E-state index contributed by atoms with van der Waals surface area (Å²) in [5.74, 6) is 0.0575. The predicted molar refractivity (Wildman–Crippen MR) is 106 cm³/mol. The minimum Gasteiger partial charge on any atom is -0.371 e. The van der Waals surface area contributed by atoms with E-state index < -0.39 is 0 Å². The lowest BCUT2D eigenvalue weighted by atomic mass is 10.1. The third-order valence-corrected chi connectivity index (χ3v) is 5.20. The molecule has 0 aromatic heterocycles. The molecule has 2 aliphatic rings. The van der Waals surface area contributed by atoms with Gasteiger partial charge in [-0.1, -0.05) is 36.4 Å². The SMILES string of the molecule is O=C(NC1CC1)C(Nc1cccc(N2CCCCC2)c1)c1ccccc1. The Morgan fingerprint density at radius 1 is 0.962 bits per heavy atom. The highest BCUT2D eigenvalue weighted by Crippen LogP contribution is 2.27. The van der Waals surface area contributed by atoms with E-state index in [4.69, 9.17) is 0 Å². The highest BCUT2D eigenvalue weighted by molar-refractivity contribution is 5.86. The van der Waals surface area contributed by atoms with Gasteiger partial charge >= 0.3 is 0 Å². The zero-order chi connectivity index (χ0) is 17.8. The minimum absolute atomic E-state index is 0.0575. The summed E-state index contributed by atoms with van der Waals surface area (Å²) >= 11 is 0. The van der Waals surface area contributed by atoms with Crippen molar-refractivity contribution in [1.29, 1.82) is 0 Å². The van der Waals surface area contributed by atoms with Crippen molar-refractivity contribution in [2.24, 2.45) is 0 Å². The van der Waals surface area contributed by atoms with Crippen molar-refractivity contribution in [2.45, 2.75) is 44.2 Å². The molecule has 0 radical (unpaired) electrons. The topological polar surface area (TPSA) is 44.4 Å². The highest BCUT2D eigenvalue weighted by atomic mass is 16.2. The van der Waals surface area contributed by atoms with Crippen LogP contribution < -0.4 is 15.5 Å². The Morgan fingerprint density at radius 3 is 2.46 bits per heavy atom. The molecule has 1 unspecified atom stereocenters. The normalized spacial score (nSPS) is 18.2. The molecule has 1 saturated carbocycles. The molecule has 0 spiro atoms. The van der Waals surface area contributed by atoms with Gasteiger partial charge in [0.2, 0.25) is 5.91 Å². The molecule has 1 aliphatic carbocycles. The molecule has 1 heterocycles. The number of hydrogen-bond acceptors (Lipinski definition) is 3. The van der Waals surface area contributed by atoms with Crippen molar-refractivity contribution >= 4 is 17.3 Å². The lowest BCUT2D eigenvalue weighted by Crippen LogP contribution is -2.35. The molecular formula is C22H27N3O. The van der Waals surface area contributed by atoms with Gasteiger partial charge in [-0.3, -0.25) is 4.79 Å². The van der Waals surface area contributed by atoms with Gasteiger partial charge in [-0.2, -0.15) is 0 Å². The maximum Gasteiger partial charge on any atom is 0.247 e. The monoisotopic (exact) mass is 349 g/mol. The van der Waals surface area contributed by atoms with E-state index in [0.717, 1.165) is 37.2 Å². The first-order chi connectivity index (χ1) is 12.8. The minimum atomic E-state index is -0.367. The van der Waals surface area contributed by atoms with Gasteiger partial charge in [0.1, 0.15) is 6.04 Å². The average molecular weight is 349 g/mol. The van der Waals surface area contributed by atoms with Crippen LogP contribution in [0.25, 0.3) is 0 Å². The van der Waals surface area contributed by atoms with Gasteiger partial charge in [-0.25, -0.2) is 0 Å². The van der Waals surface area contributed by atoms with E-state index in [0.29, 0.717) is 6.04 Å². The molecule has 2 aromatic rings. The number of nitrogens with zero attached hydrogens (tertiary/aromatic N) is 1. The number of hydrogen-bond donors (Lipinski definition) is 2. The number of nitrogens with one attached hydrogen (secondary N) is 2. The van der Waals surface area contributed by atoms with Crippen molar-refractivity contribution in [2.75, 3.05) is 23.3 Å². The molecule has 2 N–H and O–H groups in total. The first-order valence-electron chi connectivity index (χ1n) is 9.76. The van der Waals surface area contributed by atoms with Crippen LogP contribution in [0.5, 0.6) is 0 Å². The van der Waals surface area contributed by atoms with Crippen LogP contribution in [0.15, 0.2) is 54.6 Å². The van der Waals surface area contributed by atoms with Gasteiger partial charge in [0, 0.05) is 30.5 Å². The molecule has 0 bridgehead atoms. The van der Waals surface area contributed by atoms with Crippen LogP contribution >= 0.6 is 0 Å². The summed E-state index contributed by atoms with van der Waals surface area (Å²) in [6, 6.07) is 18.4. The summed E-state index contributed by atoms with van der Waals surface area (Å²) in [4.78, 5) is 15.2. The Bertz CT molecular complexity index is 736. The summed E-state index contributed by atoms with van der Waals surface area (Å²) in [6.07, 6.45) is 6.03. The van der Waals surface area contributed by atoms with Gasteiger partial charge in [-0.05, 0) is 55.9 Å². The zero-order valence-electron chi connectivity index (χ0n) is 15.2. The number of piperidine rings is 1. The van der Waals surface area contributed by atoms with Crippen LogP contribution in [0, 0.1) is 0 Å². The fraction of sp³-hybridized carbons (Fsp3) is 0.409. The Kier molecular flexibility index (Phi) is 5.09. The number of carbonyl (C=O) groups excluding carboxylic acids is 1. The van der Waals surface area contributed by atoms with Gasteiger partial charge in [0.05, 0.1) is 0 Å². The van der Waals surface area contributed by atoms with Gasteiger partial charge in [-0.15, -0.1) is 0 Å². The predicted octanol–water partition coefficient (Wildman–Crippen LogP) is 4.11. The molecule has 1 atom stereocenters. The van der Waals surface area contributed by atoms with Gasteiger partial charge in [0.15, 0.2) is 0 Å². The van der Waals surface area contributed by atoms with Crippen LogP contribution in [0.4, 0.5) is 11.4 Å². The number of rotatable bonds is 6. The van der Waals surface area contributed by atoms with E-state index in [1.807, 2.05) is 36.4 Å². The molecule has 1 amide bonds. The number of anilines is 2. The van der Waals surface area contributed by atoms with E-state index in [1.165, 1.54) is 24.9 Å². The summed E-state index contributed by atoms with van der Waals surface area (Å²) in [5, 5.41) is 6.61. The summed E-state index contributed by atoms with van der Waals surface area (Å²) in [6.45, 7) is 2.24. The highest BCUT2D eigenvalue weighted by Gasteiger charge is 2.28. The molecule has 26 heavy (non-hydrogen) atoms. The Balaban J connectivity index is 1.54. The van der Waals surface area contributed by atoms with E-state index in [-0.39, 0.29) is 11.9 Å². The molecule has 4 rings (SSSR count). The molecule has 2 aromatic carbocycles. The summed E-state index contributed by atoms with van der Waals surface area (Å²) in [5.41, 5.74) is 3.23. The van der Waals surface area contributed by atoms with Crippen LogP contribution in [-0.4, -0.2) is 25.0 Å². The van der Waals surface area contributed by atoms with E-state index in [9.17, 15) is 4.79 Å². The standard InChI is InChI=1S/C22H27N3O/c26-22(24-18-12-13-18)21(17-8-3-1-4-9-17)23-19-10-7-11-20(16-19)25-14-5-2-6-15-25/h1,3-4,7-11,16,18,21,23H,2,5-6,12-15H2,(H,24,26). The van der Waals surface area contributed by atoms with E-state index in [2.05, 4.69) is 33.7 Å². The maximum absolute atomic E-state index is 12.8. The third kappa shape index (κ3) is 4.18. The second-order valence-corrected chi connectivity index (χ2v) is 7.37. The fourth-order valence-corrected chi connectivity index (χ4v) is 3.57. The maximum atomic E-state index is 12.8. The third-order valence-electron chi connectivity index (χ3n) is 5.20. The number of amides is 1. The smallest absolute Gasteiger partial charge is 0.247 e. The molecule has 4 heteroatoms. The summed E-state index contributed by atoms with van der Waals surface area (Å²) in [7, 11) is 0. The Morgan fingerprint density at radius 2 is 1.73 bits per heavy atom. The molecule has 1 saturated heterocycles. The Hall–Kier alpha value is -2.49. The molecule has 2 fully saturated rings. The van der Waals surface area contributed by atoms with Crippen molar-refractivity contribution in [3.05, 3.63) is 60.2 Å². The lowest BCUT2D eigenvalue weighted by molar-refractivity contribution is -0.122. The molecule has 136 valence electrons. The second-order valence-electron chi connectivity index (χ2n) is 7.37. The van der Waals surface area contributed by atoms with Crippen molar-refractivity contribution in [3.63, 3.8) is 0 Å². The van der Waals surface area contributed by atoms with Crippen molar-refractivity contribution in [3.8, 4) is 0 Å². The number of carbonyl (C=O) groups is 1. The molecule has 1 aliphatic heterocycles. The first-order valence-corrected chi connectivity index (χ1v) is 9.76. The van der Waals surface area contributed by atoms with Crippen LogP contribution in [0.3, 0.4) is 0 Å². The number of benzene rings is 2. The van der Waals surface area contributed by atoms with Gasteiger partial charge < -0.3 is 15.5 Å². The van der Waals surface area contributed by atoms with Crippen LogP contribution in [0.2, 0.25) is 0 Å². The lowest BCUT2D eigenvalue weighted by Gasteiger charge is -2.29. The summed E-state index contributed by atoms with van der Waals surface area (Å²) < 4.78 is 0. The first kappa shape index (κ1) is 17.0. The molecular weight excluding hydrogens is 322 g/mol. The average Bonchev–Trinajstić information content (AvgIpc) is 3.51. The quantitative estimate of drug-likeness (QED) is 0.825. The zero-order valence-corrected chi connectivity index (χ0v) is 15.2. The van der Waals surface area contributed by atoms with Crippen LogP contribution in [-0.2, 0) is 4.79 Å². The van der Waals surface area contributed by atoms with Crippen LogP contribution in [0.1, 0.15) is 43.7 Å². The van der Waals surface area contributed by atoms with Gasteiger partial charge in [0.25, 0.3) is 0 Å². The van der Waals surface area contributed by atoms with Crippen molar-refractivity contribution in [1.82, 2.24) is 5.32 Å². The fourth-order valence-electron chi connectivity index (χ4n) is 3.57. The Labute approximate surface area is 155 Å². The molecule has 4 nitrogen and oxygen atoms in total. The van der Waals surface area contributed by atoms with E-state index in [1.54, 1.807) is 0 Å². The van der Waals surface area contributed by atoms with E-state index >= 15 is 0 Å². The largest absolute Gasteiger partial charge is 0.371 e. The van der Waals surface area contributed by atoms with Crippen molar-refractivity contribution < 1.29 is 4.79 Å².